The van der Waals surface area contributed by atoms with Crippen molar-refractivity contribution in [1.82, 2.24) is 19.7 Å². The summed E-state index contributed by atoms with van der Waals surface area (Å²) in [6, 6.07) is 7.65. The fraction of sp³-hybridized carbons (Fsp3) is 0.565. The van der Waals surface area contributed by atoms with Gasteiger partial charge in [0.15, 0.2) is 0 Å². The van der Waals surface area contributed by atoms with E-state index in [1.807, 2.05) is 54.8 Å². The zero-order chi connectivity index (χ0) is 21.3. The van der Waals surface area contributed by atoms with Gasteiger partial charge in [0.05, 0.1) is 18.5 Å². The predicted octanol–water partition coefficient (Wildman–Crippen LogP) is 2.97. The monoisotopic (exact) mass is 412 g/mol. The van der Waals surface area contributed by atoms with Gasteiger partial charge in [0.2, 0.25) is 5.91 Å². The molecule has 0 spiro atoms. The van der Waals surface area contributed by atoms with Crippen LogP contribution in [0.4, 0.5) is 0 Å². The van der Waals surface area contributed by atoms with E-state index >= 15 is 0 Å². The fourth-order valence-corrected chi connectivity index (χ4v) is 4.65. The Kier molecular flexibility index (Phi) is 5.73. The van der Waals surface area contributed by atoms with Crippen molar-refractivity contribution in [3.8, 4) is 11.5 Å². The van der Waals surface area contributed by atoms with Crippen molar-refractivity contribution < 1.29 is 14.0 Å². The second-order valence-electron chi connectivity index (χ2n) is 9.01. The van der Waals surface area contributed by atoms with Crippen LogP contribution in [0.5, 0.6) is 0 Å². The van der Waals surface area contributed by atoms with E-state index in [1.54, 1.807) is 11.2 Å². The number of carbonyl (C=O) groups is 2. The van der Waals surface area contributed by atoms with Gasteiger partial charge in [-0.25, -0.2) is 0 Å². The lowest BCUT2D eigenvalue weighted by Crippen LogP contribution is -2.65. The average molecular weight is 413 g/mol. The summed E-state index contributed by atoms with van der Waals surface area (Å²) in [6.45, 7) is 3.50. The number of hydrogen-bond donors (Lipinski definition) is 1. The van der Waals surface area contributed by atoms with Crippen molar-refractivity contribution in [3.05, 3.63) is 36.2 Å². The molecule has 4 rings (SSSR count). The molecule has 1 saturated carbocycles. The average Bonchev–Trinajstić information content (AvgIpc) is 3.38. The summed E-state index contributed by atoms with van der Waals surface area (Å²) in [5.74, 6) is 0.527. The van der Waals surface area contributed by atoms with E-state index in [-0.39, 0.29) is 17.9 Å². The van der Waals surface area contributed by atoms with Crippen LogP contribution < -0.4 is 5.32 Å². The van der Waals surface area contributed by atoms with E-state index in [0.717, 1.165) is 31.4 Å². The highest BCUT2D eigenvalue weighted by Crippen LogP contribution is 2.33. The SMILES string of the molecule is CN(C)CCN1C(=O)c2ccc(-c3ccco3)n2C[C@]1(C)C(=O)NC1CCCCC1. The summed E-state index contributed by atoms with van der Waals surface area (Å²) >= 11 is 0. The van der Waals surface area contributed by atoms with Gasteiger partial charge < -0.3 is 24.1 Å². The Labute approximate surface area is 178 Å². The number of nitrogens with one attached hydrogen (secondary N) is 1. The zero-order valence-corrected chi connectivity index (χ0v) is 18.2. The van der Waals surface area contributed by atoms with Crippen molar-refractivity contribution in [1.29, 1.82) is 0 Å². The molecule has 0 bridgehead atoms. The molecule has 30 heavy (non-hydrogen) atoms. The normalized spacial score (nSPS) is 22.4. The second kappa shape index (κ2) is 8.30. The van der Waals surface area contributed by atoms with Gasteiger partial charge in [-0.15, -0.1) is 0 Å². The number of rotatable bonds is 6. The maximum absolute atomic E-state index is 13.6. The van der Waals surface area contributed by atoms with Gasteiger partial charge in [-0.05, 0) is 58.1 Å². The van der Waals surface area contributed by atoms with Crippen LogP contribution in [0.3, 0.4) is 0 Å². The Morgan fingerprint density at radius 2 is 1.93 bits per heavy atom. The van der Waals surface area contributed by atoms with Gasteiger partial charge in [-0.3, -0.25) is 9.59 Å². The van der Waals surface area contributed by atoms with Gasteiger partial charge in [0.1, 0.15) is 17.0 Å². The van der Waals surface area contributed by atoms with Crippen molar-refractivity contribution >= 4 is 11.8 Å². The molecule has 2 amide bonds. The third kappa shape index (κ3) is 3.78. The van der Waals surface area contributed by atoms with E-state index in [9.17, 15) is 9.59 Å². The number of hydrogen-bond acceptors (Lipinski definition) is 4. The highest BCUT2D eigenvalue weighted by molar-refractivity contribution is 6.00. The summed E-state index contributed by atoms with van der Waals surface area (Å²) in [5, 5.41) is 3.26. The summed E-state index contributed by atoms with van der Waals surface area (Å²) in [5.41, 5.74) is 0.466. The minimum Gasteiger partial charge on any atom is -0.463 e. The summed E-state index contributed by atoms with van der Waals surface area (Å²) in [7, 11) is 3.96. The molecular weight excluding hydrogens is 380 g/mol. The van der Waals surface area contributed by atoms with Crippen molar-refractivity contribution in [2.75, 3.05) is 27.2 Å². The van der Waals surface area contributed by atoms with E-state index in [2.05, 4.69) is 5.32 Å². The maximum Gasteiger partial charge on any atom is 0.271 e. The molecule has 0 radical (unpaired) electrons. The topological polar surface area (TPSA) is 70.7 Å². The van der Waals surface area contributed by atoms with E-state index in [4.69, 9.17) is 4.42 Å². The van der Waals surface area contributed by atoms with Crippen molar-refractivity contribution in [2.45, 2.75) is 57.2 Å². The summed E-state index contributed by atoms with van der Waals surface area (Å²) < 4.78 is 7.52. The molecule has 7 heteroatoms. The van der Waals surface area contributed by atoms with Crippen LogP contribution in [0, 0.1) is 0 Å². The molecule has 1 aliphatic carbocycles. The standard InChI is InChI=1S/C23H32N4O3/c1-23(22(29)24-17-8-5-4-6-9-17)16-26-18(20-10-7-15-30-20)11-12-19(26)21(28)27(23)14-13-25(2)3/h7,10-12,15,17H,4-6,8-9,13-14,16H2,1-3H3,(H,24,29)/t23-/m1/s1. The number of nitrogens with zero attached hydrogens (tertiary/aromatic N) is 3. The first kappa shape index (κ1) is 20.7. The molecule has 1 N–H and O–H groups in total. The largest absolute Gasteiger partial charge is 0.463 e. The third-order valence-electron chi connectivity index (χ3n) is 6.48. The molecular formula is C23H32N4O3. The molecule has 7 nitrogen and oxygen atoms in total. The Morgan fingerprint density at radius 3 is 2.60 bits per heavy atom. The Bertz CT molecular complexity index is 896. The lowest BCUT2D eigenvalue weighted by atomic mass is 9.91. The number of amides is 2. The highest BCUT2D eigenvalue weighted by atomic mass is 16.3. The van der Waals surface area contributed by atoms with Gasteiger partial charge in [-0.1, -0.05) is 19.3 Å². The lowest BCUT2D eigenvalue weighted by Gasteiger charge is -2.45. The predicted molar refractivity (Wildman–Crippen MR) is 115 cm³/mol. The van der Waals surface area contributed by atoms with Crippen LogP contribution >= 0.6 is 0 Å². The summed E-state index contributed by atoms with van der Waals surface area (Å²) in [4.78, 5) is 30.9. The van der Waals surface area contributed by atoms with Crippen molar-refractivity contribution in [3.63, 3.8) is 0 Å². The molecule has 2 aromatic rings. The third-order valence-corrected chi connectivity index (χ3v) is 6.48. The van der Waals surface area contributed by atoms with Gasteiger partial charge >= 0.3 is 0 Å². The fourth-order valence-electron chi connectivity index (χ4n) is 4.65. The lowest BCUT2D eigenvalue weighted by molar-refractivity contribution is -0.133. The first-order valence-corrected chi connectivity index (χ1v) is 10.9. The molecule has 1 fully saturated rings. The van der Waals surface area contributed by atoms with E-state index in [0.29, 0.717) is 31.1 Å². The molecule has 162 valence electrons. The zero-order valence-electron chi connectivity index (χ0n) is 18.2. The second-order valence-corrected chi connectivity index (χ2v) is 9.01. The maximum atomic E-state index is 13.6. The molecule has 0 unspecified atom stereocenters. The van der Waals surface area contributed by atoms with Gasteiger partial charge in [-0.2, -0.15) is 0 Å². The first-order valence-electron chi connectivity index (χ1n) is 10.9. The van der Waals surface area contributed by atoms with Gasteiger partial charge in [0.25, 0.3) is 5.91 Å². The van der Waals surface area contributed by atoms with Gasteiger partial charge in [0, 0.05) is 19.1 Å². The molecule has 1 atom stereocenters. The highest BCUT2D eigenvalue weighted by Gasteiger charge is 2.48. The van der Waals surface area contributed by atoms with E-state index < -0.39 is 5.54 Å². The number of likely N-dealkylation sites (N-methyl/N-ethyl adjacent to an activating group) is 1. The smallest absolute Gasteiger partial charge is 0.271 e. The minimum absolute atomic E-state index is 0.0637. The number of fused-ring (bicyclic) bond motifs is 1. The van der Waals surface area contributed by atoms with Crippen LogP contribution in [0.2, 0.25) is 0 Å². The van der Waals surface area contributed by atoms with E-state index in [1.165, 1.54) is 6.42 Å². The Morgan fingerprint density at radius 1 is 1.20 bits per heavy atom. The Hall–Kier alpha value is -2.54. The minimum atomic E-state index is -0.960. The number of aromatic nitrogens is 1. The molecule has 1 aliphatic heterocycles. The quantitative estimate of drug-likeness (QED) is 0.792. The molecule has 2 aromatic heterocycles. The molecule has 2 aliphatic rings. The van der Waals surface area contributed by atoms with Crippen LogP contribution in [0.25, 0.3) is 11.5 Å². The van der Waals surface area contributed by atoms with Crippen LogP contribution in [-0.2, 0) is 11.3 Å². The number of carbonyl (C=O) groups excluding carboxylic acids is 2. The molecule has 3 heterocycles. The molecule has 0 saturated heterocycles. The molecule has 0 aromatic carbocycles. The van der Waals surface area contributed by atoms with Crippen LogP contribution in [0.15, 0.2) is 34.9 Å². The van der Waals surface area contributed by atoms with Crippen molar-refractivity contribution in [2.24, 2.45) is 0 Å². The van der Waals surface area contributed by atoms with Crippen LogP contribution in [0.1, 0.15) is 49.5 Å². The summed E-state index contributed by atoms with van der Waals surface area (Å²) in [6.07, 6.45) is 7.18. The first-order chi connectivity index (χ1) is 14.4. The Balaban J connectivity index is 1.68. The number of furan rings is 1. The van der Waals surface area contributed by atoms with Crippen LogP contribution in [-0.4, -0.2) is 64.9 Å².